The van der Waals surface area contributed by atoms with Gasteiger partial charge in [0.15, 0.2) is 0 Å². The SMILES string of the molecule is CN(C)C(=O)c1cc(NC2CCSC2)ccn1. The molecule has 1 aliphatic rings. The van der Waals surface area contributed by atoms with Crippen LogP contribution in [-0.4, -0.2) is 47.4 Å². The first kappa shape index (κ1) is 12.2. The molecule has 0 aromatic carbocycles. The first-order valence-electron chi connectivity index (χ1n) is 5.69. The molecule has 2 heterocycles. The molecule has 0 aliphatic carbocycles. The zero-order valence-corrected chi connectivity index (χ0v) is 11.0. The Morgan fingerprint density at radius 3 is 3.06 bits per heavy atom. The fourth-order valence-corrected chi connectivity index (χ4v) is 2.90. The number of carbonyl (C=O) groups excluding carboxylic acids is 1. The van der Waals surface area contributed by atoms with E-state index in [1.165, 1.54) is 17.1 Å². The quantitative estimate of drug-likeness (QED) is 0.888. The van der Waals surface area contributed by atoms with Gasteiger partial charge in [0.05, 0.1) is 0 Å². The second-order valence-corrected chi connectivity index (χ2v) is 5.48. The number of amides is 1. The van der Waals surface area contributed by atoms with Gasteiger partial charge in [-0.05, 0) is 24.3 Å². The molecule has 4 nitrogen and oxygen atoms in total. The molecule has 1 unspecified atom stereocenters. The maximum absolute atomic E-state index is 11.8. The highest BCUT2D eigenvalue weighted by atomic mass is 32.2. The normalized spacial score (nSPS) is 19.1. The smallest absolute Gasteiger partial charge is 0.272 e. The van der Waals surface area contributed by atoms with Crippen molar-refractivity contribution in [1.29, 1.82) is 0 Å². The van der Waals surface area contributed by atoms with Crippen LogP contribution in [0.5, 0.6) is 0 Å². The number of hydrogen-bond donors (Lipinski definition) is 1. The fraction of sp³-hybridized carbons (Fsp3) is 0.500. The van der Waals surface area contributed by atoms with Crippen LogP contribution in [0.15, 0.2) is 18.3 Å². The third-order valence-corrected chi connectivity index (χ3v) is 3.85. The highest BCUT2D eigenvalue weighted by Gasteiger charge is 2.16. The van der Waals surface area contributed by atoms with E-state index in [1.54, 1.807) is 20.3 Å². The second-order valence-electron chi connectivity index (χ2n) is 4.33. The molecule has 0 saturated carbocycles. The Labute approximate surface area is 106 Å². The molecular formula is C12H17N3OS. The van der Waals surface area contributed by atoms with Gasteiger partial charge in [-0.1, -0.05) is 0 Å². The minimum atomic E-state index is -0.0607. The summed E-state index contributed by atoms with van der Waals surface area (Å²) in [5.74, 6) is 2.29. The summed E-state index contributed by atoms with van der Waals surface area (Å²) in [5, 5.41) is 3.44. The average molecular weight is 251 g/mol. The first-order valence-corrected chi connectivity index (χ1v) is 6.84. The van der Waals surface area contributed by atoms with Crippen LogP contribution in [0.25, 0.3) is 0 Å². The van der Waals surface area contributed by atoms with Gasteiger partial charge in [0, 0.05) is 37.8 Å². The van der Waals surface area contributed by atoms with Crippen LogP contribution in [0.3, 0.4) is 0 Å². The maximum Gasteiger partial charge on any atom is 0.272 e. The fourth-order valence-electron chi connectivity index (χ4n) is 1.75. The van der Waals surface area contributed by atoms with Crippen molar-refractivity contribution in [3.63, 3.8) is 0 Å². The minimum Gasteiger partial charge on any atom is -0.381 e. The molecular weight excluding hydrogens is 234 g/mol. The summed E-state index contributed by atoms with van der Waals surface area (Å²) in [5.41, 5.74) is 1.48. The highest BCUT2D eigenvalue weighted by molar-refractivity contribution is 7.99. The average Bonchev–Trinajstić information content (AvgIpc) is 2.81. The van der Waals surface area contributed by atoms with Crippen LogP contribution in [0.1, 0.15) is 16.9 Å². The zero-order valence-electron chi connectivity index (χ0n) is 10.1. The van der Waals surface area contributed by atoms with Crippen molar-refractivity contribution in [3.05, 3.63) is 24.0 Å². The number of thioether (sulfide) groups is 1. The maximum atomic E-state index is 11.8. The molecule has 1 aromatic heterocycles. The standard InChI is InChI=1S/C12H17N3OS/c1-15(2)12(16)11-7-9(3-5-13-11)14-10-4-6-17-8-10/h3,5,7,10H,4,6,8H2,1-2H3,(H,13,14). The molecule has 17 heavy (non-hydrogen) atoms. The Bertz CT molecular complexity index is 402. The van der Waals surface area contributed by atoms with Crippen molar-refractivity contribution in [1.82, 2.24) is 9.88 Å². The lowest BCUT2D eigenvalue weighted by atomic mass is 10.2. The first-order chi connectivity index (χ1) is 8.16. The summed E-state index contributed by atoms with van der Waals surface area (Å²) < 4.78 is 0. The van der Waals surface area contributed by atoms with Crippen molar-refractivity contribution < 1.29 is 4.79 Å². The Hall–Kier alpha value is -1.23. The van der Waals surface area contributed by atoms with Gasteiger partial charge in [0.1, 0.15) is 5.69 Å². The van der Waals surface area contributed by atoms with Gasteiger partial charge in [0.2, 0.25) is 0 Å². The Balaban J connectivity index is 2.08. The van der Waals surface area contributed by atoms with Crippen LogP contribution in [0, 0.1) is 0 Å². The molecule has 1 atom stereocenters. The Kier molecular flexibility index (Phi) is 3.89. The molecule has 0 spiro atoms. The number of aromatic nitrogens is 1. The molecule has 1 aromatic rings. The number of rotatable bonds is 3. The van der Waals surface area contributed by atoms with Gasteiger partial charge < -0.3 is 10.2 Å². The van der Waals surface area contributed by atoms with E-state index in [0.717, 1.165) is 11.4 Å². The zero-order chi connectivity index (χ0) is 12.3. The second kappa shape index (κ2) is 5.40. The third-order valence-electron chi connectivity index (χ3n) is 2.69. The van der Waals surface area contributed by atoms with Crippen molar-refractivity contribution in [2.75, 3.05) is 30.9 Å². The molecule has 1 amide bonds. The number of hydrogen-bond acceptors (Lipinski definition) is 4. The molecule has 1 saturated heterocycles. The topological polar surface area (TPSA) is 45.2 Å². The summed E-state index contributed by atoms with van der Waals surface area (Å²) in [6, 6.07) is 4.26. The molecule has 1 N–H and O–H groups in total. The lowest BCUT2D eigenvalue weighted by molar-refractivity contribution is 0.0822. The van der Waals surface area contributed by atoms with E-state index < -0.39 is 0 Å². The molecule has 0 bridgehead atoms. The van der Waals surface area contributed by atoms with Crippen LogP contribution < -0.4 is 5.32 Å². The summed E-state index contributed by atoms with van der Waals surface area (Å²) in [4.78, 5) is 17.4. The van der Waals surface area contributed by atoms with Crippen LogP contribution >= 0.6 is 11.8 Å². The predicted molar refractivity (Wildman–Crippen MR) is 71.6 cm³/mol. The van der Waals surface area contributed by atoms with Gasteiger partial charge in [-0.3, -0.25) is 9.78 Å². The van der Waals surface area contributed by atoms with E-state index in [-0.39, 0.29) is 5.91 Å². The van der Waals surface area contributed by atoms with Crippen LogP contribution in [0.4, 0.5) is 5.69 Å². The monoisotopic (exact) mass is 251 g/mol. The van der Waals surface area contributed by atoms with Crippen molar-refractivity contribution in [3.8, 4) is 0 Å². The Morgan fingerprint density at radius 2 is 2.41 bits per heavy atom. The summed E-state index contributed by atoms with van der Waals surface area (Å²) in [6.07, 6.45) is 2.87. The van der Waals surface area contributed by atoms with E-state index in [0.29, 0.717) is 11.7 Å². The third kappa shape index (κ3) is 3.12. The molecule has 5 heteroatoms. The summed E-state index contributed by atoms with van der Waals surface area (Å²) in [7, 11) is 3.47. The molecule has 2 rings (SSSR count). The van der Waals surface area contributed by atoms with Crippen LogP contribution in [-0.2, 0) is 0 Å². The molecule has 0 radical (unpaired) electrons. The predicted octanol–water partition coefficient (Wildman–Crippen LogP) is 1.70. The van der Waals surface area contributed by atoms with Crippen molar-refractivity contribution >= 4 is 23.4 Å². The minimum absolute atomic E-state index is 0.0607. The van der Waals surface area contributed by atoms with Crippen molar-refractivity contribution in [2.24, 2.45) is 0 Å². The lowest BCUT2D eigenvalue weighted by Crippen LogP contribution is -2.23. The number of anilines is 1. The molecule has 92 valence electrons. The van der Waals surface area contributed by atoms with Gasteiger partial charge >= 0.3 is 0 Å². The van der Waals surface area contributed by atoms with Gasteiger partial charge in [-0.2, -0.15) is 11.8 Å². The van der Waals surface area contributed by atoms with E-state index in [2.05, 4.69) is 10.3 Å². The van der Waals surface area contributed by atoms with Crippen LogP contribution in [0.2, 0.25) is 0 Å². The van der Waals surface area contributed by atoms with E-state index in [9.17, 15) is 4.79 Å². The number of carbonyl (C=O) groups is 1. The van der Waals surface area contributed by atoms with Crippen molar-refractivity contribution in [2.45, 2.75) is 12.5 Å². The van der Waals surface area contributed by atoms with E-state index in [1.807, 2.05) is 23.9 Å². The molecule has 1 aliphatic heterocycles. The highest BCUT2D eigenvalue weighted by Crippen LogP contribution is 2.21. The summed E-state index contributed by atoms with van der Waals surface area (Å²) in [6.45, 7) is 0. The number of nitrogens with zero attached hydrogens (tertiary/aromatic N) is 2. The number of pyridine rings is 1. The van der Waals surface area contributed by atoms with Gasteiger partial charge in [0.25, 0.3) is 5.91 Å². The van der Waals surface area contributed by atoms with E-state index in [4.69, 9.17) is 0 Å². The largest absolute Gasteiger partial charge is 0.381 e. The molecule has 1 fully saturated rings. The van der Waals surface area contributed by atoms with Gasteiger partial charge in [-0.25, -0.2) is 0 Å². The Morgan fingerprint density at radius 1 is 1.59 bits per heavy atom. The van der Waals surface area contributed by atoms with E-state index >= 15 is 0 Å². The number of nitrogens with one attached hydrogen (secondary N) is 1. The van der Waals surface area contributed by atoms with Gasteiger partial charge in [-0.15, -0.1) is 0 Å². The lowest BCUT2D eigenvalue weighted by Gasteiger charge is -2.14. The summed E-state index contributed by atoms with van der Waals surface area (Å²) >= 11 is 1.96.